The van der Waals surface area contributed by atoms with E-state index in [2.05, 4.69) is 18.8 Å². The summed E-state index contributed by atoms with van der Waals surface area (Å²) in [7, 11) is 1.25. The van der Waals surface area contributed by atoms with Gasteiger partial charge in [-0.3, -0.25) is 4.79 Å². The van der Waals surface area contributed by atoms with Crippen molar-refractivity contribution in [2.75, 3.05) is 7.11 Å². The average molecular weight is 552 g/mol. The number of hydrogen-bond donors (Lipinski definition) is 0. The molecule has 0 fully saturated rings. The summed E-state index contributed by atoms with van der Waals surface area (Å²) < 4.78 is 33.9. The summed E-state index contributed by atoms with van der Waals surface area (Å²) in [5.41, 5.74) is 4.88. The summed E-state index contributed by atoms with van der Waals surface area (Å²) in [6.07, 6.45) is 3.31. The van der Waals surface area contributed by atoms with Crippen molar-refractivity contribution in [3.63, 3.8) is 0 Å². The Kier molecular flexibility index (Phi) is 9.69. The quantitative estimate of drug-likeness (QED) is 0.114. The third kappa shape index (κ3) is 6.90. The van der Waals surface area contributed by atoms with Crippen molar-refractivity contribution in [3.8, 4) is 0 Å². The highest BCUT2D eigenvalue weighted by Gasteiger charge is 2.18. The number of ketones is 1. The highest BCUT2D eigenvalue weighted by Crippen LogP contribution is 2.30. The van der Waals surface area contributed by atoms with Crippen molar-refractivity contribution in [3.05, 3.63) is 142 Å². The van der Waals surface area contributed by atoms with Gasteiger partial charge >= 0.3 is 5.97 Å². The van der Waals surface area contributed by atoms with Gasteiger partial charge in [0, 0.05) is 29.2 Å². The van der Waals surface area contributed by atoms with Gasteiger partial charge in [-0.2, -0.15) is 0 Å². The third-order valence-electron chi connectivity index (χ3n) is 6.86. The number of para-hydroxylation sites is 1. The summed E-state index contributed by atoms with van der Waals surface area (Å²) in [4.78, 5) is 30.6. The number of carbonyl (C=O) groups excluding carboxylic acids is 2. The smallest absolute Gasteiger partial charge is 0.352 e. The fourth-order valence-electron chi connectivity index (χ4n) is 4.70. The maximum atomic E-state index is 15.1. The van der Waals surface area contributed by atoms with E-state index in [0.717, 1.165) is 30.0 Å². The maximum absolute atomic E-state index is 15.1. The average Bonchev–Trinajstić information content (AvgIpc) is 3.01. The van der Waals surface area contributed by atoms with Gasteiger partial charge in [0.1, 0.15) is 17.3 Å². The Balaban J connectivity index is 1.82. The first-order valence-electron chi connectivity index (χ1n) is 13.5. The second kappa shape index (κ2) is 13.6. The Hall–Kier alpha value is -4.71. The standard InChI is InChI=1S/C35H31F2NO3/c1-4-23-15-16-26(21-24(23)5-2)28(29-18-17-27(36)22-31(29)37)19-20-33(35(40)41-3)38-32-14-10-9-13-30(32)34(39)25-11-7-6-8-12-25/h6-19,21-22H,4-5,20H2,1-3H3. The minimum atomic E-state index is -0.718. The fourth-order valence-corrected chi connectivity index (χ4v) is 4.70. The lowest BCUT2D eigenvalue weighted by atomic mass is 9.91. The van der Waals surface area contributed by atoms with Crippen molar-refractivity contribution in [1.82, 2.24) is 0 Å². The van der Waals surface area contributed by atoms with Crippen LogP contribution in [0.25, 0.3) is 5.57 Å². The number of esters is 1. The van der Waals surface area contributed by atoms with Gasteiger partial charge in [0.05, 0.1) is 12.8 Å². The summed E-state index contributed by atoms with van der Waals surface area (Å²) in [6.45, 7) is 4.13. The molecule has 0 amide bonds. The second-order valence-electron chi connectivity index (χ2n) is 9.40. The third-order valence-corrected chi connectivity index (χ3v) is 6.86. The van der Waals surface area contributed by atoms with E-state index in [4.69, 9.17) is 4.74 Å². The SMILES string of the molecule is CCc1ccc(C(=CCC(=Nc2ccccc2C(=O)c2ccccc2)C(=O)OC)c2ccc(F)cc2F)cc1CC. The number of aryl methyl sites for hydroxylation is 2. The van der Waals surface area contributed by atoms with Gasteiger partial charge in [0.25, 0.3) is 0 Å². The van der Waals surface area contributed by atoms with E-state index in [1.165, 1.54) is 24.8 Å². The van der Waals surface area contributed by atoms with Crippen molar-refractivity contribution in [2.24, 2.45) is 4.99 Å². The van der Waals surface area contributed by atoms with E-state index in [1.54, 1.807) is 54.6 Å². The first-order chi connectivity index (χ1) is 19.9. The molecule has 0 aliphatic rings. The van der Waals surface area contributed by atoms with E-state index in [9.17, 15) is 14.0 Å². The second-order valence-corrected chi connectivity index (χ2v) is 9.40. The van der Waals surface area contributed by atoms with E-state index >= 15 is 4.39 Å². The Morgan fingerprint density at radius 1 is 0.780 bits per heavy atom. The summed E-state index contributed by atoms with van der Waals surface area (Å²) in [6, 6.07) is 24.9. The molecule has 0 atom stereocenters. The molecule has 0 bridgehead atoms. The summed E-state index contributed by atoms with van der Waals surface area (Å²) >= 11 is 0. The molecule has 0 N–H and O–H groups in total. The maximum Gasteiger partial charge on any atom is 0.352 e. The number of halogens is 2. The first kappa shape index (κ1) is 29.3. The molecule has 0 saturated heterocycles. The normalized spacial score (nSPS) is 11.8. The molecule has 6 heteroatoms. The van der Waals surface area contributed by atoms with Crippen LogP contribution in [0, 0.1) is 11.6 Å². The molecule has 0 aliphatic carbocycles. The molecule has 4 aromatic rings. The van der Waals surface area contributed by atoms with Crippen LogP contribution in [0.5, 0.6) is 0 Å². The lowest BCUT2D eigenvalue weighted by Crippen LogP contribution is -2.15. The van der Waals surface area contributed by atoms with Gasteiger partial charge in [-0.05, 0) is 59.4 Å². The number of rotatable bonds is 10. The molecule has 0 aliphatic heterocycles. The number of allylic oxidation sites excluding steroid dienone is 1. The van der Waals surface area contributed by atoms with Crippen LogP contribution in [-0.4, -0.2) is 24.6 Å². The molecule has 4 aromatic carbocycles. The monoisotopic (exact) mass is 551 g/mol. The minimum absolute atomic E-state index is 0.0241. The minimum Gasteiger partial charge on any atom is -0.465 e. The van der Waals surface area contributed by atoms with Crippen LogP contribution in [-0.2, 0) is 22.4 Å². The number of nitrogens with zero attached hydrogens (tertiary/aromatic N) is 1. The van der Waals surface area contributed by atoms with Crippen molar-refractivity contribution < 1.29 is 23.1 Å². The number of ether oxygens (including phenoxy) is 1. The Labute approximate surface area is 239 Å². The highest BCUT2D eigenvalue weighted by molar-refractivity contribution is 6.37. The van der Waals surface area contributed by atoms with Gasteiger partial charge in [0.15, 0.2) is 5.78 Å². The number of benzene rings is 4. The number of aliphatic imine (C=N–C) groups is 1. The Morgan fingerprint density at radius 2 is 1.49 bits per heavy atom. The summed E-state index contributed by atoms with van der Waals surface area (Å²) in [5.74, 6) is -2.32. The van der Waals surface area contributed by atoms with Crippen molar-refractivity contribution >= 4 is 28.7 Å². The predicted molar refractivity (Wildman–Crippen MR) is 159 cm³/mol. The zero-order valence-corrected chi connectivity index (χ0v) is 23.3. The van der Waals surface area contributed by atoms with Crippen molar-refractivity contribution in [1.29, 1.82) is 0 Å². The fraction of sp³-hybridized carbons (Fsp3) is 0.171. The Morgan fingerprint density at radius 3 is 2.17 bits per heavy atom. The van der Waals surface area contributed by atoms with Crippen LogP contribution in [0.15, 0.2) is 102 Å². The van der Waals surface area contributed by atoms with E-state index in [-0.39, 0.29) is 23.5 Å². The predicted octanol–water partition coefficient (Wildman–Crippen LogP) is 8.09. The van der Waals surface area contributed by atoms with Crippen LogP contribution in [0.2, 0.25) is 0 Å². The molecule has 208 valence electrons. The van der Waals surface area contributed by atoms with Gasteiger partial charge in [-0.1, -0.05) is 80.6 Å². The van der Waals surface area contributed by atoms with E-state index in [0.29, 0.717) is 22.4 Å². The van der Waals surface area contributed by atoms with Gasteiger partial charge in [-0.15, -0.1) is 0 Å². The largest absolute Gasteiger partial charge is 0.465 e. The molecule has 4 nitrogen and oxygen atoms in total. The molecule has 0 saturated carbocycles. The topological polar surface area (TPSA) is 55.7 Å². The zero-order chi connectivity index (χ0) is 29.4. The zero-order valence-electron chi connectivity index (χ0n) is 23.3. The Bertz CT molecular complexity index is 1620. The van der Waals surface area contributed by atoms with Crippen LogP contribution in [0.3, 0.4) is 0 Å². The van der Waals surface area contributed by atoms with Gasteiger partial charge < -0.3 is 4.74 Å². The van der Waals surface area contributed by atoms with Gasteiger partial charge in [0.2, 0.25) is 0 Å². The van der Waals surface area contributed by atoms with Crippen LogP contribution in [0.1, 0.15) is 58.4 Å². The van der Waals surface area contributed by atoms with Crippen LogP contribution < -0.4 is 0 Å². The molecular formula is C35H31F2NO3. The van der Waals surface area contributed by atoms with E-state index < -0.39 is 17.6 Å². The molecule has 0 heterocycles. The molecule has 0 spiro atoms. The number of methoxy groups -OCH3 is 1. The lowest BCUT2D eigenvalue weighted by Gasteiger charge is -2.14. The van der Waals surface area contributed by atoms with E-state index in [1.807, 2.05) is 24.3 Å². The number of hydrogen-bond acceptors (Lipinski definition) is 4. The first-order valence-corrected chi connectivity index (χ1v) is 13.5. The lowest BCUT2D eigenvalue weighted by molar-refractivity contribution is -0.132. The molecule has 41 heavy (non-hydrogen) atoms. The molecule has 4 rings (SSSR count). The summed E-state index contributed by atoms with van der Waals surface area (Å²) in [5, 5.41) is 0. The molecule has 0 unspecified atom stereocenters. The van der Waals surface area contributed by atoms with Gasteiger partial charge in [-0.25, -0.2) is 18.6 Å². The number of carbonyl (C=O) groups is 2. The molecule has 0 radical (unpaired) electrons. The highest BCUT2D eigenvalue weighted by atomic mass is 19.1. The molecule has 0 aromatic heterocycles. The molecular weight excluding hydrogens is 520 g/mol. The van der Waals surface area contributed by atoms with Crippen molar-refractivity contribution in [2.45, 2.75) is 33.1 Å². The van der Waals surface area contributed by atoms with Crippen LogP contribution in [0.4, 0.5) is 14.5 Å². The van der Waals surface area contributed by atoms with Crippen LogP contribution >= 0.6 is 0 Å².